The third-order valence-corrected chi connectivity index (χ3v) is 10.9. The molecule has 10 aromatic carbocycles. The topological polar surface area (TPSA) is 6.48 Å². The Bertz CT molecular complexity index is 3080. The molecule has 0 radical (unpaired) electrons. The Morgan fingerprint density at radius 2 is 0.724 bits per heavy atom. The van der Waals surface area contributed by atoms with Gasteiger partial charge in [0.15, 0.2) is 0 Å². The van der Waals surface area contributed by atoms with Gasteiger partial charge in [-0.3, -0.25) is 0 Å². The van der Waals surface area contributed by atoms with Gasteiger partial charge in [0.25, 0.3) is 0 Å². The molecule has 276 valence electrons. The average Bonchev–Trinajstić information content (AvgIpc) is 3.27. The Hall–Kier alpha value is -7.56. The predicted molar refractivity (Wildman–Crippen MR) is 239 cm³/mol. The first-order valence-corrected chi connectivity index (χ1v) is 19.4. The molecule has 0 fully saturated rings. The number of nitrogens with zero attached hydrogens (tertiary/aromatic N) is 2. The summed E-state index contributed by atoms with van der Waals surface area (Å²) in [5, 5.41) is 6.36. The van der Waals surface area contributed by atoms with Crippen LogP contribution in [-0.2, 0) is 0 Å². The number of hydrogen-bond acceptors (Lipinski definition) is 2. The summed E-state index contributed by atoms with van der Waals surface area (Å²) in [5.74, 6) is -0.604. The Balaban J connectivity index is 1.30. The lowest BCUT2D eigenvalue weighted by Gasteiger charge is -2.31. The maximum atomic E-state index is 15.3. The van der Waals surface area contributed by atoms with E-state index in [0.29, 0.717) is 5.69 Å². The van der Waals surface area contributed by atoms with Gasteiger partial charge in [0, 0.05) is 33.3 Å². The van der Waals surface area contributed by atoms with Crippen LogP contribution in [-0.4, -0.2) is 0 Å². The highest BCUT2D eigenvalue weighted by molar-refractivity contribution is 6.08. The summed E-state index contributed by atoms with van der Waals surface area (Å²) in [6.07, 6.45) is 0. The van der Waals surface area contributed by atoms with Gasteiger partial charge >= 0.3 is 0 Å². The molecule has 0 N–H and O–H groups in total. The average molecular weight is 751 g/mol. The van der Waals surface area contributed by atoms with Crippen LogP contribution in [0.2, 0.25) is 0 Å². The molecule has 0 aliphatic heterocycles. The van der Waals surface area contributed by atoms with Crippen molar-refractivity contribution >= 4 is 66.4 Å². The molecule has 10 aromatic rings. The van der Waals surface area contributed by atoms with E-state index in [9.17, 15) is 4.39 Å². The lowest BCUT2D eigenvalue weighted by Crippen LogP contribution is -2.13. The molecular formula is C54H36F2N2. The molecule has 0 aromatic heterocycles. The van der Waals surface area contributed by atoms with Gasteiger partial charge in [0.1, 0.15) is 11.6 Å². The minimum absolute atomic E-state index is 0.294. The Morgan fingerprint density at radius 1 is 0.276 bits per heavy atom. The molecule has 0 unspecified atom stereocenters. The first kappa shape index (κ1) is 34.9. The van der Waals surface area contributed by atoms with Crippen molar-refractivity contribution < 1.29 is 8.78 Å². The smallest absolute Gasteiger partial charge is 0.125 e. The van der Waals surface area contributed by atoms with E-state index in [-0.39, 0.29) is 11.6 Å². The molecule has 0 aliphatic carbocycles. The Kier molecular flexibility index (Phi) is 8.92. The van der Waals surface area contributed by atoms with E-state index in [2.05, 4.69) is 149 Å². The number of hydrogen-bond donors (Lipinski definition) is 0. The second kappa shape index (κ2) is 14.8. The third-order valence-electron chi connectivity index (χ3n) is 10.9. The summed E-state index contributed by atoms with van der Waals surface area (Å²) < 4.78 is 29.8. The van der Waals surface area contributed by atoms with Crippen molar-refractivity contribution in [2.75, 3.05) is 9.80 Å². The van der Waals surface area contributed by atoms with Crippen molar-refractivity contribution in [2.45, 2.75) is 0 Å². The monoisotopic (exact) mass is 750 g/mol. The zero-order valence-corrected chi connectivity index (χ0v) is 31.4. The highest BCUT2D eigenvalue weighted by atomic mass is 19.1. The van der Waals surface area contributed by atoms with E-state index < -0.39 is 0 Å². The summed E-state index contributed by atoms with van der Waals surface area (Å²) in [7, 11) is 0. The predicted octanol–water partition coefficient (Wildman–Crippen LogP) is 15.7. The molecule has 58 heavy (non-hydrogen) atoms. The Morgan fingerprint density at radius 3 is 1.24 bits per heavy atom. The molecule has 0 bridgehead atoms. The van der Waals surface area contributed by atoms with E-state index in [1.165, 1.54) is 18.2 Å². The van der Waals surface area contributed by atoms with Crippen LogP contribution in [0.5, 0.6) is 0 Å². The molecule has 10 rings (SSSR count). The fourth-order valence-corrected chi connectivity index (χ4v) is 8.22. The zero-order chi connectivity index (χ0) is 39.0. The number of benzene rings is 10. The van der Waals surface area contributed by atoms with Crippen molar-refractivity contribution in [3.63, 3.8) is 0 Å². The lowest BCUT2D eigenvalue weighted by molar-refractivity contribution is 0.627. The van der Waals surface area contributed by atoms with E-state index in [0.717, 1.165) is 83.0 Å². The van der Waals surface area contributed by atoms with Crippen LogP contribution < -0.4 is 9.80 Å². The van der Waals surface area contributed by atoms with Gasteiger partial charge < -0.3 is 9.80 Å². The van der Waals surface area contributed by atoms with Crippen LogP contribution in [0.3, 0.4) is 0 Å². The van der Waals surface area contributed by atoms with Gasteiger partial charge in [-0.1, -0.05) is 140 Å². The summed E-state index contributed by atoms with van der Waals surface area (Å²) in [4.78, 5) is 4.43. The Labute approximate surface area is 336 Å². The van der Waals surface area contributed by atoms with Gasteiger partial charge in [-0.15, -0.1) is 0 Å². The number of rotatable bonds is 8. The molecule has 0 heterocycles. The van der Waals surface area contributed by atoms with E-state index >= 15 is 4.39 Å². The second-order valence-corrected chi connectivity index (χ2v) is 14.4. The first-order valence-electron chi connectivity index (χ1n) is 19.4. The van der Waals surface area contributed by atoms with Crippen molar-refractivity contribution in [3.05, 3.63) is 230 Å². The van der Waals surface area contributed by atoms with E-state index in [4.69, 9.17) is 0 Å². The normalized spacial score (nSPS) is 11.3. The molecule has 4 heteroatoms. The van der Waals surface area contributed by atoms with Crippen LogP contribution in [0.4, 0.5) is 42.9 Å². The molecule has 0 saturated heterocycles. The third kappa shape index (κ3) is 6.41. The largest absolute Gasteiger partial charge is 0.309 e. The zero-order valence-electron chi connectivity index (χ0n) is 31.4. The summed E-state index contributed by atoms with van der Waals surface area (Å²) in [5.41, 5.74) is 9.40. The van der Waals surface area contributed by atoms with Gasteiger partial charge in [-0.2, -0.15) is 0 Å². The van der Waals surface area contributed by atoms with Crippen molar-refractivity contribution in [2.24, 2.45) is 0 Å². The molecule has 0 atom stereocenters. The number of fused-ring (bicyclic) bond motifs is 3. The molecule has 0 aliphatic rings. The number of anilines is 6. The molecule has 0 spiro atoms. The maximum Gasteiger partial charge on any atom is 0.125 e. The molecule has 0 saturated carbocycles. The SMILES string of the molecule is Fc1ccc(N(c2cc3cc(-c4ccccc4)c(N(c4cccc(F)c4)c4cccc5ccccc45)cc3cc2-c2ccccc2)c2cccc3ccccc23)cc1. The van der Waals surface area contributed by atoms with Crippen molar-refractivity contribution in [1.29, 1.82) is 0 Å². The minimum atomic E-state index is -0.310. The minimum Gasteiger partial charge on any atom is -0.309 e. The van der Waals surface area contributed by atoms with Crippen LogP contribution >= 0.6 is 0 Å². The van der Waals surface area contributed by atoms with Crippen LogP contribution in [0.25, 0.3) is 54.6 Å². The van der Waals surface area contributed by atoms with Crippen LogP contribution in [0.1, 0.15) is 0 Å². The van der Waals surface area contributed by atoms with E-state index in [1.807, 2.05) is 48.5 Å². The standard InChI is InChI=1S/C54H36F2N2/c55-43-28-30-45(31-29-43)57(51-26-11-20-37-18-7-9-24-47(37)51)53-34-41-33-50(40-16-5-2-6-17-40)54(35-42(41)32-49(53)39-14-3-1-4-15-39)58(46-23-13-22-44(56)36-46)52-27-12-21-38-19-8-10-25-48(38)52/h1-36H. The fraction of sp³-hybridized carbons (Fsp3) is 0. The highest BCUT2D eigenvalue weighted by Crippen LogP contribution is 2.49. The van der Waals surface area contributed by atoms with Crippen LogP contribution in [0.15, 0.2) is 218 Å². The fourth-order valence-electron chi connectivity index (χ4n) is 8.22. The maximum absolute atomic E-state index is 15.3. The quantitative estimate of drug-likeness (QED) is 0.153. The van der Waals surface area contributed by atoms with Gasteiger partial charge in [0.2, 0.25) is 0 Å². The van der Waals surface area contributed by atoms with Gasteiger partial charge in [-0.05, 0) is 112 Å². The van der Waals surface area contributed by atoms with Gasteiger partial charge in [0.05, 0.1) is 22.7 Å². The van der Waals surface area contributed by atoms with Gasteiger partial charge in [-0.25, -0.2) is 8.78 Å². The van der Waals surface area contributed by atoms with E-state index in [1.54, 1.807) is 12.1 Å². The summed E-state index contributed by atoms with van der Waals surface area (Å²) in [6, 6.07) is 72.6. The molecule has 2 nitrogen and oxygen atoms in total. The second-order valence-electron chi connectivity index (χ2n) is 14.4. The van der Waals surface area contributed by atoms with Crippen LogP contribution in [0, 0.1) is 11.6 Å². The number of halogens is 2. The first-order chi connectivity index (χ1) is 28.6. The highest BCUT2D eigenvalue weighted by Gasteiger charge is 2.24. The summed E-state index contributed by atoms with van der Waals surface area (Å²) >= 11 is 0. The summed E-state index contributed by atoms with van der Waals surface area (Å²) in [6.45, 7) is 0. The van der Waals surface area contributed by atoms with Crippen molar-refractivity contribution in [3.8, 4) is 22.3 Å². The van der Waals surface area contributed by atoms with Crippen molar-refractivity contribution in [1.82, 2.24) is 0 Å². The molecular weight excluding hydrogens is 715 g/mol. The lowest BCUT2D eigenvalue weighted by atomic mass is 9.93. The molecule has 0 amide bonds.